The van der Waals surface area contributed by atoms with Crippen LogP contribution in [0.1, 0.15) is 16.7 Å². The van der Waals surface area contributed by atoms with Gasteiger partial charge in [-0.25, -0.2) is 0 Å². The Bertz CT molecular complexity index is 446. The summed E-state index contributed by atoms with van der Waals surface area (Å²) in [4.78, 5) is 0. The van der Waals surface area contributed by atoms with E-state index < -0.39 is 0 Å². The predicted molar refractivity (Wildman–Crippen MR) is 62.1 cm³/mol. The summed E-state index contributed by atoms with van der Waals surface area (Å²) in [6.45, 7) is 1.98. The Hall–Kier alpha value is -1.76. The molecule has 0 heterocycles. The lowest BCUT2D eigenvalue weighted by Crippen LogP contribution is -1.88. The fourth-order valence-corrected chi connectivity index (χ4v) is 1.64. The minimum absolute atomic E-state index is 0.388. The van der Waals surface area contributed by atoms with Gasteiger partial charge in [-0.3, -0.25) is 0 Å². The molecule has 1 heteroatoms. The second-order valence-electron chi connectivity index (χ2n) is 3.79. The first kappa shape index (κ1) is 9.78. The molecule has 1 nitrogen and oxygen atoms in total. The highest BCUT2D eigenvalue weighted by atomic mass is 16.3. The van der Waals surface area contributed by atoms with E-state index in [1.807, 2.05) is 37.3 Å². The summed E-state index contributed by atoms with van der Waals surface area (Å²) in [5.41, 5.74) is 3.28. The van der Waals surface area contributed by atoms with Crippen LogP contribution in [0.15, 0.2) is 48.5 Å². The molecule has 15 heavy (non-hydrogen) atoms. The maximum atomic E-state index is 9.75. The molecule has 0 spiro atoms. The Labute approximate surface area is 90.0 Å². The van der Waals surface area contributed by atoms with E-state index in [1.54, 1.807) is 6.07 Å². The molecule has 0 saturated carbocycles. The van der Waals surface area contributed by atoms with Gasteiger partial charge in [-0.1, -0.05) is 42.5 Å². The molecule has 0 saturated heterocycles. The zero-order valence-corrected chi connectivity index (χ0v) is 8.77. The zero-order valence-electron chi connectivity index (χ0n) is 8.77. The Morgan fingerprint density at radius 3 is 2.40 bits per heavy atom. The average molecular weight is 198 g/mol. The van der Waals surface area contributed by atoms with E-state index in [9.17, 15) is 5.11 Å². The van der Waals surface area contributed by atoms with Gasteiger partial charge in [0, 0.05) is 6.42 Å². The summed E-state index contributed by atoms with van der Waals surface area (Å²) in [5.74, 6) is 0.388. The molecule has 2 aromatic carbocycles. The Morgan fingerprint density at radius 2 is 1.73 bits per heavy atom. The number of benzene rings is 2. The van der Waals surface area contributed by atoms with Gasteiger partial charge in [-0.2, -0.15) is 0 Å². The molecule has 0 fully saturated rings. The summed E-state index contributed by atoms with van der Waals surface area (Å²) in [6, 6.07) is 16.0. The molecular formula is C14H14O. The number of phenols is 1. The molecule has 0 amide bonds. The lowest BCUT2D eigenvalue weighted by Gasteiger charge is -2.05. The van der Waals surface area contributed by atoms with Gasteiger partial charge in [-0.05, 0) is 29.7 Å². The third-order valence-corrected chi connectivity index (χ3v) is 2.48. The Morgan fingerprint density at radius 1 is 1.00 bits per heavy atom. The number of phenolic OH excluding ortho intramolecular Hbond substituents is 1. The van der Waals surface area contributed by atoms with Crippen molar-refractivity contribution in [2.45, 2.75) is 13.3 Å². The van der Waals surface area contributed by atoms with E-state index in [-0.39, 0.29) is 0 Å². The van der Waals surface area contributed by atoms with Crippen LogP contribution in [0.25, 0.3) is 0 Å². The summed E-state index contributed by atoms with van der Waals surface area (Å²) in [7, 11) is 0. The second kappa shape index (κ2) is 4.18. The molecule has 0 unspecified atom stereocenters. The monoisotopic (exact) mass is 198 g/mol. The smallest absolute Gasteiger partial charge is 0.119 e. The van der Waals surface area contributed by atoms with Gasteiger partial charge in [0.2, 0.25) is 0 Å². The summed E-state index contributed by atoms with van der Waals surface area (Å²) < 4.78 is 0. The zero-order chi connectivity index (χ0) is 10.7. The third kappa shape index (κ3) is 2.38. The highest BCUT2D eigenvalue weighted by Crippen LogP contribution is 2.21. The molecule has 2 aromatic rings. The molecule has 0 bridgehead atoms. The average Bonchev–Trinajstić information content (AvgIpc) is 2.24. The standard InChI is InChI=1S/C14H14O/c1-11-7-8-13(14(15)9-11)10-12-5-3-2-4-6-12/h2-9,15H,10H2,1H3. The van der Waals surface area contributed by atoms with Crippen molar-refractivity contribution in [1.29, 1.82) is 0 Å². The first-order chi connectivity index (χ1) is 7.25. The minimum atomic E-state index is 0.388. The van der Waals surface area contributed by atoms with Crippen molar-refractivity contribution in [2.75, 3.05) is 0 Å². The highest BCUT2D eigenvalue weighted by molar-refractivity contribution is 5.39. The second-order valence-corrected chi connectivity index (χ2v) is 3.79. The van der Waals surface area contributed by atoms with Gasteiger partial charge in [0.05, 0.1) is 0 Å². The fraction of sp³-hybridized carbons (Fsp3) is 0.143. The first-order valence-electron chi connectivity index (χ1n) is 5.08. The number of hydrogen-bond acceptors (Lipinski definition) is 1. The molecule has 1 N–H and O–H groups in total. The number of aryl methyl sites for hydroxylation is 1. The van der Waals surface area contributed by atoms with Gasteiger partial charge in [0.15, 0.2) is 0 Å². The maximum absolute atomic E-state index is 9.75. The molecule has 0 aromatic heterocycles. The van der Waals surface area contributed by atoms with Gasteiger partial charge < -0.3 is 5.11 Å². The topological polar surface area (TPSA) is 20.2 Å². The van der Waals surface area contributed by atoms with E-state index in [4.69, 9.17) is 0 Å². The predicted octanol–water partition coefficient (Wildman–Crippen LogP) is 3.29. The summed E-state index contributed by atoms with van der Waals surface area (Å²) in [6.07, 6.45) is 0.785. The van der Waals surface area contributed by atoms with E-state index >= 15 is 0 Å². The van der Waals surface area contributed by atoms with Crippen molar-refractivity contribution < 1.29 is 5.11 Å². The van der Waals surface area contributed by atoms with Crippen LogP contribution in [0.2, 0.25) is 0 Å². The van der Waals surface area contributed by atoms with Gasteiger partial charge >= 0.3 is 0 Å². The molecule has 0 aliphatic heterocycles. The Balaban J connectivity index is 2.25. The third-order valence-electron chi connectivity index (χ3n) is 2.48. The Kier molecular flexibility index (Phi) is 2.72. The van der Waals surface area contributed by atoms with Crippen LogP contribution in [0.4, 0.5) is 0 Å². The van der Waals surface area contributed by atoms with Crippen molar-refractivity contribution in [3.8, 4) is 5.75 Å². The number of hydrogen-bond donors (Lipinski definition) is 1. The van der Waals surface area contributed by atoms with E-state index in [1.165, 1.54) is 5.56 Å². The highest BCUT2D eigenvalue weighted by Gasteiger charge is 2.01. The largest absolute Gasteiger partial charge is 0.508 e. The SMILES string of the molecule is Cc1ccc(Cc2ccccc2)c(O)c1. The van der Waals surface area contributed by atoms with Gasteiger partial charge in [0.25, 0.3) is 0 Å². The summed E-state index contributed by atoms with van der Waals surface area (Å²) >= 11 is 0. The van der Waals surface area contributed by atoms with Crippen LogP contribution >= 0.6 is 0 Å². The van der Waals surface area contributed by atoms with Crippen molar-refractivity contribution in [1.82, 2.24) is 0 Å². The van der Waals surface area contributed by atoms with Crippen LogP contribution in [-0.2, 0) is 6.42 Å². The van der Waals surface area contributed by atoms with Crippen LogP contribution in [0.3, 0.4) is 0 Å². The number of aromatic hydroxyl groups is 1. The van der Waals surface area contributed by atoms with Crippen LogP contribution in [0.5, 0.6) is 5.75 Å². The number of rotatable bonds is 2. The van der Waals surface area contributed by atoms with Crippen molar-refractivity contribution in [3.63, 3.8) is 0 Å². The van der Waals surface area contributed by atoms with Crippen molar-refractivity contribution >= 4 is 0 Å². The molecule has 2 rings (SSSR count). The molecule has 0 radical (unpaired) electrons. The molecule has 0 aliphatic rings. The minimum Gasteiger partial charge on any atom is -0.508 e. The van der Waals surface area contributed by atoms with Crippen molar-refractivity contribution in [2.24, 2.45) is 0 Å². The van der Waals surface area contributed by atoms with Crippen molar-refractivity contribution in [3.05, 3.63) is 65.2 Å². The lowest BCUT2D eigenvalue weighted by atomic mass is 10.0. The first-order valence-corrected chi connectivity index (χ1v) is 5.08. The molecular weight excluding hydrogens is 184 g/mol. The maximum Gasteiger partial charge on any atom is 0.119 e. The van der Waals surface area contributed by atoms with E-state index in [0.717, 1.165) is 17.5 Å². The molecule has 76 valence electrons. The van der Waals surface area contributed by atoms with Crippen LogP contribution < -0.4 is 0 Å². The quantitative estimate of drug-likeness (QED) is 0.785. The summed E-state index contributed by atoms with van der Waals surface area (Å²) in [5, 5.41) is 9.75. The van der Waals surface area contributed by atoms with Gasteiger partial charge in [0.1, 0.15) is 5.75 Å². The normalized spacial score (nSPS) is 10.2. The van der Waals surface area contributed by atoms with Crippen LogP contribution in [0, 0.1) is 6.92 Å². The lowest BCUT2D eigenvalue weighted by molar-refractivity contribution is 0.469. The van der Waals surface area contributed by atoms with Gasteiger partial charge in [-0.15, -0.1) is 0 Å². The fourth-order valence-electron chi connectivity index (χ4n) is 1.64. The van der Waals surface area contributed by atoms with E-state index in [2.05, 4.69) is 12.1 Å². The van der Waals surface area contributed by atoms with E-state index in [0.29, 0.717) is 5.75 Å². The van der Waals surface area contributed by atoms with Crippen LogP contribution in [-0.4, -0.2) is 5.11 Å². The molecule has 0 aliphatic carbocycles. The molecule has 0 atom stereocenters.